The molecule has 178 valence electrons. The van der Waals surface area contributed by atoms with Crippen LogP contribution in [-0.4, -0.2) is 25.8 Å². The zero-order chi connectivity index (χ0) is 24.2. The molecule has 0 saturated carbocycles. The number of ether oxygens (including phenoxy) is 3. The first-order chi connectivity index (χ1) is 16.6. The Morgan fingerprint density at radius 3 is 2.41 bits per heavy atom. The molecule has 0 aliphatic carbocycles. The third-order valence-electron chi connectivity index (χ3n) is 5.01. The Balaban J connectivity index is 1.46. The minimum atomic E-state index is -0.346. The van der Waals surface area contributed by atoms with Crippen molar-refractivity contribution >= 4 is 23.7 Å². The number of methoxy groups -OCH3 is 1. The number of amides is 1. The molecule has 0 spiro atoms. The van der Waals surface area contributed by atoms with Crippen LogP contribution in [0, 0.1) is 0 Å². The SMILES string of the molecule is CCCCc1ccc(OCC(=O)N/N=C/c2ccc(OCc3ccc(Cl)cc3)c(OC)c2)cc1. The third kappa shape index (κ3) is 8.12. The van der Waals surface area contributed by atoms with Gasteiger partial charge in [0.25, 0.3) is 5.91 Å². The number of carbonyl (C=O) groups excluding carboxylic acids is 1. The average Bonchev–Trinajstić information content (AvgIpc) is 2.87. The van der Waals surface area contributed by atoms with Crippen molar-refractivity contribution < 1.29 is 19.0 Å². The fourth-order valence-corrected chi connectivity index (χ4v) is 3.24. The predicted octanol–water partition coefficient (Wildman–Crippen LogP) is 5.80. The lowest BCUT2D eigenvalue weighted by Crippen LogP contribution is -2.24. The summed E-state index contributed by atoms with van der Waals surface area (Å²) in [7, 11) is 1.57. The van der Waals surface area contributed by atoms with Crippen molar-refractivity contribution in [1.29, 1.82) is 0 Å². The van der Waals surface area contributed by atoms with Crippen molar-refractivity contribution in [2.45, 2.75) is 32.8 Å². The van der Waals surface area contributed by atoms with E-state index in [0.29, 0.717) is 28.9 Å². The standard InChI is InChI=1S/C27H29ClN2O4/c1-3-4-5-20-8-13-24(14-9-20)33-19-27(31)30-29-17-22-10-15-25(26(16-22)32-2)34-18-21-6-11-23(28)12-7-21/h6-17H,3-5,18-19H2,1-2H3,(H,30,31)/b29-17+. The maximum absolute atomic E-state index is 12.0. The summed E-state index contributed by atoms with van der Waals surface area (Å²) in [5.74, 6) is 1.47. The quantitative estimate of drug-likeness (QED) is 0.263. The monoisotopic (exact) mass is 480 g/mol. The van der Waals surface area contributed by atoms with Crippen LogP contribution >= 0.6 is 11.6 Å². The second-order valence-corrected chi connectivity index (χ2v) is 8.09. The fourth-order valence-electron chi connectivity index (χ4n) is 3.12. The van der Waals surface area contributed by atoms with Gasteiger partial charge < -0.3 is 14.2 Å². The Bertz CT molecular complexity index is 1080. The van der Waals surface area contributed by atoms with E-state index in [-0.39, 0.29) is 12.5 Å². The van der Waals surface area contributed by atoms with Gasteiger partial charge in [-0.25, -0.2) is 5.43 Å². The molecule has 1 N–H and O–H groups in total. The second-order valence-electron chi connectivity index (χ2n) is 7.65. The van der Waals surface area contributed by atoms with Gasteiger partial charge in [0.2, 0.25) is 0 Å². The molecule has 0 bridgehead atoms. The highest BCUT2D eigenvalue weighted by atomic mass is 35.5. The highest BCUT2D eigenvalue weighted by Crippen LogP contribution is 2.28. The van der Waals surface area contributed by atoms with Crippen molar-refractivity contribution in [1.82, 2.24) is 5.43 Å². The smallest absolute Gasteiger partial charge is 0.277 e. The largest absolute Gasteiger partial charge is 0.493 e. The average molecular weight is 481 g/mol. The summed E-state index contributed by atoms with van der Waals surface area (Å²) < 4.78 is 16.8. The van der Waals surface area contributed by atoms with Crippen LogP contribution in [0.25, 0.3) is 0 Å². The maximum Gasteiger partial charge on any atom is 0.277 e. The van der Waals surface area contributed by atoms with Crippen LogP contribution in [0.15, 0.2) is 71.8 Å². The molecule has 0 heterocycles. The summed E-state index contributed by atoms with van der Waals surface area (Å²) in [6.07, 6.45) is 4.90. The molecule has 0 fully saturated rings. The topological polar surface area (TPSA) is 69.2 Å². The van der Waals surface area contributed by atoms with Crippen LogP contribution in [0.2, 0.25) is 5.02 Å². The summed E-state index contributed by atoms with van der Waals surface area (Å²) >= 11 is 5.91. The molecule has 0 unspecified atom stereocenters. The van der Waals surface area contributed by atoms with Crippen LogP contribution in [0.4, 0.5) is 0 Å². The number of rotatable bonds is 12. The van der Waals surface area contributed by atoms with Gasteiger partial charge in [-0.3, -0.25) is 4.79 Å². The molecule has 7 heteroatoms. The number of halogens is 1. The molecule has 0 aromatic heterocycles. The van der Waals surface area contributed by atoms with Gasteiger partial charge in [-0.2, -0.15) is 5.10 Å². The Morgan fingerprint density at radius 1 is 0.971 bits per heavy atom. The molecule has 1 amide bonds. The van der Waals surface area contributed by atoms with Gasteiger partial charge in [-0.15, -0.1) is 0 Å². The number of nitrogens with one attached hydrogen (secondary N) is 1. The van der Waals surface area contributed by atoms with E-state index in [4.69, 9.17) is 25.8 Å². The molecular formula is C27H29ClN2O4. The van der Waals surface area contributed by atoms with E-state index in [9.17, 15) is 4.79 Å². The molecule has 0 aliphatic rings. The number of carbonyl (C=O) groups is 1. The molecule has 3 aromatic carbocycles. The number of hydrogen-bond acceptors (Lipinski definition) is 5. The number of hydrogen-bond donors (Lipinski definition) is 1. The lowest BCUT2D eigenvalue weighted by atomic mass is 10.1. The van der Waals surface area contributed by atoms with Gasteiger partial charge in [0.05, 0.1) is 13.3 Å². The molecule has 0 radical (unpaired) electrons. The molecule has 6 nitrogen and oxygen atoms in total. The normalized spacial score (nSPS) is 10.8. The second kappa shape index (κ2) is 13.3. The maximum atomic E-state index is 12.0. The minimum Gasteiger partial charge on any atom is -0.493 e. The van der Waals surface area contributed by atoms with Gasteiger partial charge in [-0.05, 0) is 72.0 Å². The van der Waals surface area contributed by atoms with Crippen LogP contribution in [-0.2, 0) is 17.8 Å². The van der Waals surface area contributed by atoms with Crippen molar-refractivity contribution in [3.63, 3.8) is 0 Å². The first-order valence-corrected chi connectivity index (χ1v) is 11.5. The highest BCUT2D eigenvalue weighted by Gasteiger charge is 2.06. The molecule has 0 saturated heterocycles. The first-order valence-electron chi connectivity index (χ1n) is 11.2. The van der Waals surface area contributed by atoms with E-state index in [0.717, 1.165) is 30.4 Å². The Labute approximate surface area is 205 Å². The van der Waals surface area contributed by atoms with Gasteiger partial charge in [0.15, 0.2) is 18.1 Å². The third-order valence-corrected chi connectivity index (χ3v) is 5.26. The Kier molecular flexibility index (Phi) is 9.80. The number of aryl methyl sites for hydroxylation is 1. The van der Waals surface area contributed by atoms with E-state index in [1.54, 1.807) is 19.2 Å². The Hall–Kier alpha value is -3.51. The lowest BCUT2D eigenvalue weighted by molar-refractivity contribution is -0.123. The zero-order valence-corrected chi connectivity index (χ0v) is 20.2. The fraction of sp³-hybridized carbons (Fsp3) is 0.259. The van der Waals surface area contributed by atoms with Crippen molar-refractivity contribution in [3.05, 3.63) is 88.4 Å². The number of unbranched alkanes of at least 4 members (excludes halogenated alkanes) is 1. The Morgan fingerprint density at radius 2 is 1.71 bits per heavy atom. The summed E-state index contributed by atoms with van der Waals surface area (Å²) in [4.78, 5) is 12.0. The van der Waals surface area contributed by atoms with Crippen molar-refractivity contribution in [2.24, 2.45) is 5.10 Å². The van der Waals surface area contributed by atoms with Crippen LogP contribution in [0.5, 0.6) is 17.2 Å². The highest BCUT2D eigenvalue weighted by molar-refractivity contribution is 6.30. The number of benzene rings is 3. The van der Waals surface area contributed by atoms with E-state index in [1.807, 2.05) is 54.6 Å². The predicted molar refractivity (Wildman–Crippen MR) is 135 cm³/mol. The summed E-state index contributed by atoms with van der Waals surface area (Å²) in [6.45, 7) is 2.44. The number of nitrogens with zero attached hydrogens (tertiary/aromatic N) is 1. The van der Waals surface area contributed by atoms with Gasteiger partial charge >= 0.3 is 0 Å². The summed E-state index contributed by atoms with van der Waals surface area (Å²) in [5.41, 5.74) is 5.48. The van der Waals surface area contributed by atoms with E-state index >= 15 is 0 Å². The molecule has 34 heavy (non-hydrogen) atoms. The number of hydrazone groups is 1. The summed E-state index contributed by atoms with van der Waals surface area (Å²) in [6, 6.07) is 20.7. The lowest BCUT2D eigenvalue weighted by Gasteiger charge is -2.11. The van der Waals surface area contributed by atoms with Crippen LogP contribution < -0.4 is 19.6 Å². The molecular weight excluding hydrogens is 452 g/mol. The van der Waals surface area contributed by atoms with Crippen molar-refractivity contribution in [3.8, 4) is 17.2 Å². The van der Waals surface area contributed by atoms with E-state index < -0.39 is 0 Å². The van der Waals surface area contributed by atoms with Gasteiger partial charge in [0, 0.05) is 5.02 Å². The van der Waals surface area contributed by atoms with Crippen LogP contribution in [0.3, 0.4) is 0 Å². The van der Waals surface area contributed by atoms with Gasteiger partial charge in [0.1, 0.15) is 12.4 Å². The van der Waals surface area contributed by atoms with Gasteiger partial charge in [-0.1, -0.05) is 49.2 Å². The molecule has 3 aromatic rings. The van der Waals surface area contributed by atoms with E-state index in [1.165, 1.54) is 11.8 Å². The van der Waals surface area contributed by atoms with Crippen molar-refractivity contribution in [2.75, 3.05) is 13.7 Å². The molecule has 0 atom stereocenters. The minimum absolute atomic E-state index is 0.119. The van der Waals surface area contributed by atoms with E-state index in [2.05, 4.69) is 17.5 Å². The molecule has 3 rings (SSSR count). The first kappa shape index (κ1) is 25.1. The summed E-state index contributed by atoms with van der Waals surface area (Å²) in [5, 5.41) is 4.68. The van der Waals surface area contributed by atoms with Crippen LogP contribution in [0.1, 0.15) is 36.5 Å². The zero-order valence-electron chi connectivity index (χ0n) is 19.4. The molecule has 0 aliphatic heterocycles.